The smallest absolute Gasteiger partial charge is 0.229 e. The first-order valence-corrected chi connectivity index (χ1v) is 6.37. The lowest BCUT2D eigenvalue weighted by atomic mass is 9.88. The van der Waals surface area contributed by atoms with Crippen molar-refractivity contribution in [1.29, 1.82) is 0 Å². The number of aromatic nitrogens is 4. The summed E-state index contributed by atoms with van der Waals surface area (Å²) >= 11 is 0. The lowest BCUT2D eigenvalue weighted by Crippen LogP contribution is -2.28. The standard InChI is InChI=1S/C12H17N5O/c1-7-4-2-3-5-9(7)18-11-8-6-14-17-10(8)15-12(13)16-11/h6-7,9H,2-5H2,1H3,(H3,13,14,15,16,17). The Hall–Kier alpha value is -1.85. The fourth-order valence-corrected chi connectivity index (χ4v) is 2.52. The summed E-state index contributed by atoms with van der Waals surface area (Å²) < 4.78 is 6.03. The summed E-state index contributed by atoms with van der Waals surface area (Å²) in [5.74, 6) is 1.31. The molecule has 0 saturated heterocycles. The summed E-state index contributed by atoms with van der Waals surface area (Å²) in [5, 5.41) is 7.53. The third-order valence-corrected chi connectivity index (χ3v) is 3.59. The predicted molar refractivity (Wildman–Crippen MR) is 68.1 cm³/mol. The Morgan fingerprint density at radius 1 is 1.33 bits per heavy atom. The molecule has 1 fully saturated rings. The third-order valence-electron chi connectivity index (χ3n) is 3.59. The van der Waals surface area contributed by atoms with Gasteiger partial charge in [0, 0.05) is 0 Å². The molecule has 0 amide bonds. The van der Waals surface area contributed by atoms with E-state index in [1.165, 1.54) is 19.3 Å². The number of aromatic amines is 1. The van der Waals surface area contributed by atoms with Gasteiger partial charge < -0.3 is 10.5 Å². The minimum atomic E-state index is 0.213. The summed E-state index contributed by atoms with van der Waals surface area (Å²) in [7, 11) is 0. The number of hydrogen-bond acceptors (Lipinski definition) is 5. The SMILES string of the molecule is CC1CCCCC1Oc1nc(N)nc2[nH]ncc12. The maximum Gasteiger partial charge on any atom is 0.229 e. The molecule has 2 atom stereocenters. The fraction of sp³-hybridized carbons (Fsp3) is 0.583. The van der Waals surface area contributed by atoms with Gasteiger partial charge in [-0.3, -0.25) is 5.10 Å². The molecular weight excluding hydrogens is 230 g/mol. The molecule has 6 nitrogen and oxygen atoms in total. The Labute approximate surface area is 105 Å². The zero-order valence-corrected chi connectivity index (χ0v) is 10.4. The van der Waals surface area contributed by atoms with Crippen LogP contribution < -0.4 is 10.5 Å². The zero-order valence-electron chi connectivity index (χ0n) is 10.4. The molecule has 6 heteroatoms. The van der Waals surface area contributed by atoms with E-state index in [2.05, 4.69) is 27.1 Å². The molecule has 1 saturated carbocycles. The number of fused-ring (bicyclic) bond motifs is 1. The second-order valence-electron chi connectivity index (χ2n) is 4.94. The van der Waals surface area contributed by atoms with Crippen molar-refractivity contribution in [2.24, 2.45) is 5.92 Å². The van der Waals surface area contributed by atoms with Gasteiger partial charge in [-0.15, -0.1) is 0 Å². The van der Waals surface area contributed by atoms with Gasteiger partial charge in [-0.2, -0.15) is 15.1 Å². The number of nitrogens with zero attached hydrogens (tertiary/aromatic N) is 3. The van der Waals surface area contributed by atoms with Crippen molar-refractivity contribution in [1.82, 2.24) is 20.2 Å². The fourth-order valence-electron chi connectivity index (χ4n) is 2.52. The van der Waals surface area contributed by atoms with Crippen LogP contribution >= 0.6 is 0 Å². The first-order chi connectivity index (χ1) is 8.74. The number of H-pyrrole nitrogens is 1. The van der Waals surface area contributed by atoms with Gasteiger partial charge in [0.05, 0.1) is 6.20 Å². The molecule has 2 heterocycles. The van der Waals surface area contributed by atoms with E-state index >= 15 is 0 Å². The van der Waals surface area contributed by atoms with Crippen LogP contribution in [0, 0.1) is 5.92 Å². The van der Waals surface area contributed by atoms with Crippen molar-refractivity contribution < 1.29 is 4.74 Å². The first kappa shape index (κ1) is 11.3. The quantitative estimate of drug-likeness (QED) is 0.845. The van der Waals surface area contributed by atoms with Gasteiger partial charge in [0.25, 0.3) is 0 Å². The lowest BCUT2D eigenvalue weighted by Gasteiger charge is -2.28. The van der Waals surface area contributed by atoms with Crippen LogP contribution in [0.2, 0.25) is 0 Å². The predicted octanol–water partition coefficient (Wildman–Crippen LogP) is 1.89. The van der Waals surface area contributed by atoms with Crippen molar-refractivity contribution in [3.8, 4) is 5.88 Å². The van der Waals surface area contributed by atoms with Crippen LogP contribution in [0.5, 0.6) is 5.88 Å². The Bertz CT molecular complexity index is 552. The minimum absolute atomic E-state index is 0.213. The van der Waals surface area contributed by atoms with Gasteiger partial charge in [-0.1, -0.05) is 13.3 Å². The number of anilines is 1. The molecule has 3 rings (SSSR count). The van der Waals surface area contributed by atoms with Gasteiger partial charge in [-0.05, 0) is 25.2 Å². The second-order valence-corrected chi connectivity index (χ2v) is 4.94. The number of rotatable bonds is 2. The Morgan fingerprint density at radius 2 is 2.17 bits per heavy atom. The van der Waals surface area contributed by atoms with Crippen LogP contribution in [0.25, 0.3) is 11.0 Å². The van der Waals surface area contributed by atoms with Crippen LogP contribution in [0.1, 0.15) is 32.6 Å². The van der Waals surface area contributed by atoms with Gasteiger partial charge in [-0.25, -0.2) is 0 Å². The van der Waals surface area contributed by atoms with Crippen LogP contribution in [0.15, 0.2) is 6.20 Å². The zero-order chi connectivity index (χ0) is 12.5. The largest absolute Gasteiger partial charge is 0.473 e. The summed E-state index contributed by atoms with van der Waals surface area (Å²) in [6.07, 6.45) is 6.67. The maximum absolute atomic E-state index is 6.03. The van der Waals surface area contributed by atoms with Crippen molar-refractivity contribution in [2.45, 2.75) is 38.7 Å². The number of hydrogen-bond donors (Lipinski definition) is 2. The second kappa shape index (κ2) is 4.44. The lowest BCUT2D eigenvalue weighted by molar-refractivity contribution is 0.0994. The summed E-state index contributed by atoms with van der Waals surface area (Å²) in [6.45, 7) is 2.22. The van der Waals surface area contributed by atoms with Crippen molar-refractivity contribution in [3.63, 3.8) is 0 Å². The van der Waals surface area contributed by atoms with Gasteiger partial charge in [0.15, 0.2) is 5.65 Å². The molecule has 3 N–H and O–H groups in total. The summed E-state index contributed by atoms with van der Waals surface area (Å²) in [4.78, 5) is 8.26. The molecule has 0 aromatic carbocycles. The van der Waals surface area contributed by atoms with Gasteiger partial charge >= 0.3 is 0 Å². The first-order valence-electron chi connectivity index (χ1n) is 6.37. The Morgan fingerprint density at radius 3 is 3.00 bits per heavy atom. The van der Waals surface area contributed by atoms with E-state index in [-0.39, 0.29) is 12.1 Å². The topological polar surface area (TPSA) is 89.7 Å². The maximum atomic E-state index is 6.03. The van der Waals surface area contributed by atoms with E-state index in [9.17, 15) is 0 Å². The van der Waals surface area contributed by atoms with Crippen LogP contribution in [0.3, 0.4) is 0 Å². The van der Waals surface area contributed by atoms with Crippen molar-refractivity contribution in [2.75, 3.05) is 5.73 Å². The number of nitrogens with two attached hydrogens (primary N) is 1. The molecule has 0 spiro atoms. The number of ether oxygens (including phenoxy) is 1. The van der Waals surface area contributed by atoms with Crippen LogP contribution in [0.4, 0.5) is 5.95 Å². The molecule has 1 aliphatic carbocycles. The summed E-state index contributed by atoms with van der Waals surface area (Å²) in [5.41, 5.74) is 6.30. The van der Waals surface area contributed by atoms with Crippen molar-refractivity contribution in [3.05, 3.63) is 6.20 Å². The highest BCUT2D eigenvalue weighted by Gasteiger charge is 2.24. The van der Waals surface area contributed by atoms with E-state index in [1.54, 1.807) is 6.20 Å². The molecule has 0 bridgehead atoms. The highest BCUT2D eigenvalue weighted by Crippen LogP contribution is 2.30. The van der Waals surface area contributed by atoms with Crippen LogP contribution in [-0.2, 0) is 0 Å². The van der Waals surface area contributed by atoms with E-state index in [0.29, 0.717) is 17.4 Å². The number of nitrogens with one attached hydrogen (secondary N) is 1. The van der Waals surface area contributed by atoms with E-state index < -0.39 is 0 Å². The van der Waals surface area contributed by atoms with Crippen molar-refractivity contribution >= 4 is 17.0 Å². The highest BCUT2D eigenvalue weighted by molar-refractivity contribution is 5.80. The molecule has 2 unspecified atom stereocenters. The minimum Gasteiger partial charge on any atom is -0.473 e. The third kappa shape index (κ3) is 1.98. The normalized spacial score (nSPS) is 24.3. The van der Waals surface area contributed by atoms with Crippen LogP contribution in [-0.4, -0.2) is 26.3 Å². The molecule has 18 heavy (non-hydrogen) atoms. The molecular formula is C12H17N5O. The molecule has 2 aromatic rings. The molecule has 2 aromatic heterocycles. The van der Waals surface area contributed by atoms with Gasteiger partial charge in [0.2, 0.25) is 11.8 Å². The number of nitrogen functional groups attached to an aromatic ring is 1. The van der Waals surface area contributed by atoms with Gasteiger partial charge in [0.1, 0.15) is 11.5 Å². The Kier molecular flexibility index (Phi) is 2.77. The average Bonchev–Trinajstić information content (AvgIpc) is 2.80. The van der Waals surface area contributed by atoms with E-state index in [1.807, 2.05) is 0 Å². The summed E-state index contributed by atoms with van der Waals surface area (Å²) in [6, 6.07) is 0. The Balaban J connectivity index is 1.91. The molecule has 1 aliphatic rings. The molecule has 0 aliphatic heterocycles. The molecule has 0 radical (unpaired) electrons. The monoisotopic (exact) mass is 247 g/mol. The highest BCUT2D eigenvalue weighted by atomic mass is 16.5. The van der Waals surface area contributed by atoms with E-state index in [4.69, 9.17) is 10.5 Å². The average molecular weight is 247 g/mol. The molecule has 96 valence electrons. The van der Waals surface area contributed by atoms with E-state index in [0.717, 1.165) is 11.8 Å².